The number of benzene rings is 1. The first-order chi connectivity index (χ1) is 8.27. The number of nitrogens with one attached hydrogen (secondary N) is 1. The zero-order valence-corrected chi connectivity index (χ0v) is 9.97. The van der Waals surface area contributed by atoms with Crippen molar-refractivity contribution in [1.29, 1.82) is 0 Å². The first-order valence-corrected chi connectivity index (χ1v) is 5.83. The summed E-state index contributed by atoms with van der Waals surface area (Å²) in [5.74, 6) is 1.89. The van der Waals surface area contributed by atoms with Gasteiger partial charge >= 0.3 is 5.82 Å². The van der Waals surface area contributed by atoms with E-state index in [1.165, 1.54) is 5.52 Å². The largest absolute Gasteiger partial charge is 0.456 e. The Bertz CT molecular complexity index is 635. The highest BCUT2D eigenvalue weighted by atomic mass is 16.3. The number of hydrogen-bond donors (Lipinski definition) is 1. The quantitative estimate of drug-likeness (QED) is 0.669. The molecule has 2 heterocycles. The van der Waals surface area contributed by atoms with Crippen molar-refractivity contribution in [2.24, 2.45) is 0 Å². The lowest BCUT2D eigenvalue weighted by Gasteiger charge is -2.03. The number of hydrogen-bond acceptors (Lipinski definition) is 1. The van der Waals surface area contributed by atoms with Gasteiger partial charge in [-0.05, 0) is 38.1 Å². The number of aromatic nitrogens is 2. The van der Waals surface area contributed by atoms with Crippen LogP contribution in [0.3, 0.4) is 0 Å². The summed E-state index contributed by atoms with van der Waals surface area (Å²) < 4.78 is 7.75. The van der Waals surface area contributed by atoms with E-state index < -0.39 is 0 Å². The van der Waals surface area contributed by atoms with Crippen molar-refractivity contribution in [2.45, 2.75) is 19.9 Å². The van der Waals surface area contributed by atoms with Crippen LogP contribution in [0.5, 0.6) is 0 Å². The van der Waals surface area contributed by atoms with Crippen molar-refractivity contribution in [3.8, 4) is 11.6 Å². The van der Waals surface area contributed by atoms with Crippen molar-refractivity contribution < 1.29 is 8.98 Å². The number of aromatic amines is 1. The molecule has 1 aromatic carbocycles. The van der Waals surface area contributed by atoms with E-state index in [-0.39, 0.29) is 0 Å². The molecule has 17 heavy (non-hydrogen) atoms. The molecular weight excluding hydrogens is 212 g/mol. The summed E-state index contributed by atoms with van der Waals surface area (Å²) in [5, 5.41) is 0. The van der Waals surface area contributed by atoms with E-state index >= 15 is 0 Å². The third-order valence-corrected chi connectivity index (χ3v) is 2.93. The molecule has 0 spiro atoms. The van der Waals surface area contributed by atoms with Gasteiger partial charge in [0.1, 0.15) is 0 Å². The van der Waals surface area contributed by atoms with Crippen molar-refractivity contribution in [3.63, 3.8) is 0 Å². The number of para-hydroxylation sites is 2. The van der Waals surface area contributed by atoms with Gasteiger partial charge in [0.25, 0.3) is 0 Å². The van der Waals surface area contributed by atoms with Crippen LogP contribution in [0.1, 0.15) is 19.9 Å². The molecule has 0 fully saturated rings. The summed E-state index contributed by atoms with van der Waals surface area (Å²) in [6.45, 7) is 4.35. The highest BCUT2D eigenvalue weighted by Gasteiger charge is 2.23. The standard InChI is InChI=1S/C14H14N2O/c1-10(2)16-12-7-4-3-6-11(12)15-14(16)13-8-5-9-17-13/h3-10H,1-2H3/p+1. The second kappa shape index (κ2) is 3.77. The number of fused-ring (bicyclic) bond motifs is 1. The molecule has 2 aromatic heterocycles. The number of rotatable bonds is 2. The fourth-order valence-electron chi connectivity index (χ4n) is 2.23. The van der Waals surface area contributed by atoms with Gasteiger partial charge in [0, 0.05) is 0 Å². The molecule has 86 valence electrons. The third kappa shape index (κ3) is 1.55. The van der Waals surface area contributed by atoms with Gasteiger partial charge in [-0.2, -0.15) is 0 Å². The number of nitrogens with zero attached hydrogens (tertiary/aromatic N) is 1. The van der Waals surface area contributed by atoms with Crippen LogP contribution >= 0.6 is 0 Å². The molecule has 0 bridgehead atoms. The molecule has 3 aromatic rings. The van der Waals surface area contributed by atoms with Crippen molar-refractivity contribution >= 4 is 11.0 Å². The Morgan fingerprint density at radius 2 is 1.94 bits per heavy atom. The smallest absolute Gasteiger partial charge is 0.324 e. The fourth-order valence-corrected chi connectivity index (χ4v) is 2.23. The molecule has 1 N–H and O–H groups in total. The molecule has 0 saturated carbocycles. The molecule has 0 amide bonds. The molecule has 3 nitrogen and oxygen atoms in total. The lowest BCUT2D eigenvalue weighted by molar-refractivity contribution is -0.680. The van der Waals surface area contributed by atoms with Gasteiger partial charge < -0.3 is 4.42 Å². The van der Waals surface area contributed by atoms with Gasteiger partial charge in [0.2, 0.25) is 5.76 Å². The number of imidazole rings is 1. The predicted molar refractivity (Wildman–Crippen MR) is 66.6 cm³/mol. The van der Waals surface area contributed by atoms with E-state index in [1.807, 2.05) is 18.2 Å². The van der Waals surface area contributed by atoms with Gasteiger partial charge in [0.05, 0.1) is 12.3 Å². The second-order valence-corrected chi connectivity index (χ2v) is 4.43. The normalized spacial score (nSPS) is 11.5. The fraction of sp³-hybridized carbons (Fsp3) is 0.214. The summed E-state index contributed by atoms with van der Waals surface area (Å²) >= 11 is 0. The van der Waals surface area contributed by atoms with Gasteiger partial charge in [-0.3, -0.25) is 0 Å². The topological polar surface area (TPSA) is 32.8 Å². The molecule has 0 aliphatic heterocycles. The average molecular weight is 227 g/mol. The van der Waals surface area contributed by atoms with Gasteiger partial charge in [0.15, 0.2) is 11.0 Å². The first-order valence-electron chi connectivity index (χ1n) is 5.83. The lowest BCUT2D eigenvalue weighted by Crippen LogP contribution is -2.37. The summed E-state index contributed by atoms with van der Waals surface area (Å²) in [6, 6.07) is 12.6. The highest BCUT2D eigenvalue weighted by Crippen LogP contribution is 2.20. The summed E-state index contributed by atoms with van der Waals surface area (Å²) in [5.41, 5.74) is 2.33. The van der Waals surface area contributed by atoms with Gasteiger partial charge in [-0.15, -0.1) is 0 Å². The summed E-state index contributed by atoms with van der Waals surface area (Å²) in [7, 11) is 0. The molecule has 0 atom stereocenters. The van der Waals surface area contributed by atoms with Gasteiger partial charge in [-0.1, -0.05) is 12.1 Å². The van der Waals surface area contributed by atoms with Crippen LogP contribution < -0.4 is 4.57 Å². The molecular formula is C14H15N2O+. The molecule has 0 saturated heterocycles. The second-order valence-electron chi connectivity index (χ2n) is 4.43. The van der Waals surface area contributed by atoms with Crippen molar-refractivity contribution in [2.75, 3.05) is 0 Å². The Morgan fingerprint density at radius 3 is 2.65 bits per heavy atom. The molecule has 0 radical (unpaired) electrons. The van der Waals surface area contributed by atoms with Crippen LogP contribution in [-0.2, 0) is 0 Å². The Morgan fingerprint density at radius 1 is 1.12 bits per heavy atom. The Hall–Kier alpha value is -2.03. The predicted octanol–water partition coefficient (Wildman–Crippen LogP) is 3.30. The Balaban J connectivity index is 2.34. The minimum Gasteiger partial charge on any atom is -0.456 e. The lowest BCUT2D eigenvalue weighted by atomic mass is 10.3. The summed E-state index contributed by atoms with van der Waals surface area (Å²) in [6.07, 6.45) is 1.70. The minimum atomic E-state index is 0.381. The van der Waals surface area contributed by atoms with Crippen LogP contribution in [0, 0.1) is 0 Å². The van der Waals surface area contributed by atoms with E-state index in [0.29, 0.717) is 6.04 Å². The third-order valence-electron chi connectivity index (χ3n) is 2.93. The first kappa shape index (κ1) is 10.1. The van der Waals surface area contributed by atoms with Gasteiger partial charge in [-0.25, -0.2) is 9.55 Å². The van der Waals surface area contributed by atoms with Crippen molar-refractivity contribution in [1.82, 2.24) is 4.98 Å². The van der Waals surface area contributed by atoms with E-state index in [4.69, 9.17) is 4.42 Å². The molecule has 0 unspecified atom stereocenters. The van der Waals surface area contributed by atoms with Crippen LogP contribution in [0.4, 0.5) is 0 Å². The Kier molecular flexibility index (Phi) is 2.25. The SMILES string of the molecule is CC(C)[n+]1c(-c2ccco2)[nH]c2ccccc21. The van der Waals surface area contributed by atoms with E-state index in [9.17, 15) is 0 Å². The molecule has 3 heteroatoms. The van der Waals surface area contributed by atoms with Crippen molar-refractivity contribution in [3.05, 3.63) is 42.7 Å². The number of H-pyrrole nitrogens is 1. The van der Waals surface area contributed by atoms with Crippen LogP contribution in [0.25, 0.3) is 22.6 Å². The molecule has 0 aliphatic carbocycles. The number of furan rings is 1. The average Bonchev–Trinajstić information content (AvgIpc) is 2.95. The Labute approximate surface area is 99.7 Å². The summed E-state index contributed by atoms with van der Waals surface area (Å²) in [4.78, 5) is 3.42. The molecule has 0 aliphatic rings. The van der Waals surface area contributed by atoms with E-state index in [1.54, 1.807) is 6.26 Å². The van der Waals surface area contributed by atoms with E-state index in [2.05, 4.69) is 41.6 Å². The maximum Gasteiger partial charge on any atom is 0.324 e. The van der Waals surface area contributed by atoms with E-state index in [0.717, 1.165) is 17.1 Å². The minimum absolute atomic E-state index is 0.381. The zero-order chi connectivity index (χ0) is 11.8. The van der Waals surface area contributed by atoms with Crippen LogP contribution in [0.15, 0.2) is 47.1 Å². The zero-order valence-electron chi connectivity index (χ0n) is 9.97. The molecule has 3 rings (SSSR count). The van der Waals surface area contributed by atoms with Crippen LogP contribution in [0.2, 0.25) is 0 Å². The highest BCUT2D eigenvalue weighted by molar-refractivity contribution is 5.73. The maximum atomic E-state index is 5.49. The van der Waals surface area contributed by atoms with Crippen LogP contribution in [-0.4, -0.2) is 4.98 Å². The monoisotopic (exact) mass is 227 g/mol. The maximum absolute atomic E-state index is 5.49.